The van der Waals surface area contributed by atoms with Crippen molar-refractivity contribution >= 4 is 11.6 Å². The van der Waals surface area contributed by atoms with Gasteiger partial charge in [0.05, 0.1) is 0 Å². The molecule has 0 amide bonds. The summed E-state index contributed by atoms with van der Waals surface area (Å²) in [6, 6.07) is 0. The third-order valence-corrected chi connectivity index (χ3v) is 4.36. The molecule has 0 unspecified atom stereocenters. The summed E-state index contributed by atoms with van der Waals surface area (Å²) in [5.74, 6) is 7.78. The van der Waals surface area contributed by atoms with Gasteiger partial charge in [0.15, 0.2) is 0 Å². The van der Waals surface area contributed by atoms with Gasteiger partial charge in [0.1, 0.15) is 18.0 Å². The predicted molar refractivity (Wildman–Crippen MR) is 83.4 cm³/mol. The number of hydrazine groups is 1. The zero-order chi connectivity index (χ0) is 14.6. The zero-order valence-corrected chi connectivity index (χ0v) is 12.9. The van der Waals surface area contributed by atoms with E-state index in [1.807, 2.05) is 6.92 Å². The summed E-state index contributed by atoms with van der Waals surface area (Å²) in [7, 11) is 0. The number of anilines is 2. The monoisotopic (exact) mass is 277 g/mol. The summed E-state index contributed by atoms with van der Waals surface area (Å²) in [5.41, 5.74) is 4.03. The van der Waals surface area contributed by atoms with Gasteiger partial charge in [-0.15, -0.1) is 0 Å². The summed E-state index contributed by atoms with van der Waals surface area (Å²) < 4.78 is 0. The van der Waals surface area contributed by atoms with Crippen molar-refractivity contribution in [1.29, 1.82) is 0 Å². The number of nitrogens with one attached hydrogen (secondary N) is 2. The molecule has 5 heteroatoms. The fraction of sp³-hybridized carbons (Fsp3) is 0.733. The average molecular weight is 277 g/mol. The quantitative estimate of drug-likeness (QED) is 0.550. The fourth-order valence-electron chi connectivity index (χ4n) is 3.49. The summed E-state index contributed by atoms with van der Waals surface area (Å²) in [6.45, 7) is 7.60. The van der Waals surface area contributed by atoms with Crippen molar-refractivity contribution in [2.24, 2.45) is 17.2 Å². The first kappa shape index (κ1) is 15.0. The second kappa shape index (κ2) is 6.39. The van der Waals surface area contributed by atoms with E-state index in [0.717, 1.165) is 23.8 Å². The molecule has 1 aromatic rings. The van der Waals surface area contributed by atoms with Crippen LogP contribution in [0.15, 0.2) is 6.33 Å². The zero-order valence-electron chi connectivity index (χ0n) is 12.9. The molecule has 112 valence electrons. The van der Waals surface area contributed by atoms with Crippen LogP contribution in [-0.2, 0) is 0 Å². The van der Waals surface area contributed by atoms with Crippen LogP contribution in [0.1, 0.15) is 51.5 Å². The highest BCUT2D eigenvalue weighted by Crippen LogP contribution is 2.43. The molecule has 20 heavy (non-hydrogen) atoms. The fourth-order valence-corrected chi connectivity index (χ4v) is 3.49. The Balaban J connectivity index is 2.06. The van der Waals surface area contributed by atoms with Gasteiger partial charge in [0.2, 0.25) is 0 Å². The molecule has 0 saturated heterocycles. The van der Waals surface area contributed by atoms with Crippen molar-refractivity contribution in [1.82, 2.24) is 9.97 Å². The van der Waals surface area contributed by atoms with Crippen LogP contribution in [0.4, 0.5) is 11.6 Å². The molecule has 1 aromatic heterocycles. The van der Waals surface area contributed by atoms with Gasteiger partial charge in [-0.3, -0.25) is 0 Å². The van der Waals surface area contributed by atoms with Crippen LogP contribution < -0.4 is 16.6 Å². The van der Waals surface area contributed by atoms with Crippen molar-refractivity contribution in [2.75, 3.05) is 17.3 Å². The van der Waals surface area contributed by atoms with Gasteiger partial charge >= 0.3 is 0 Å². The lowest BCUT2D eigenvalue weighted by molar-refractivity contribution is 0.252. The van der Waals surface area contributed by atoms with Crippen molar-refractivity contribution in [2.45, 2.75) is 52.9 Å². The van der Waals surface area contributed by atoms with E-state index in [4.69, 9.17) is 5.84 Å². The molecule has 0 radical (unpaired) electrons. The standard InChI is InChI=1S/C15H27N5/c1-11(2)8-15(6-4-5-7-15)9-17-13-12(3)14(20-16)19-10-18-13/h10-11H,4-9,16H2,1-3H3,(H2,17,18,19,20). The van der Waals surface area contributed by atoms with Crippen LogP contribution in [-0.4, -0.2) is 16.5 Å². The van der Waals surface area contributed by atoms with E-state index in [1.54, 1.807) is 6.33 Å². The molecule has 2 rings (SSSR count). The molecule has 0 atom stereocenters. The summed E-state index contributed by atoms with van der Waals surface area (Å²) in [6.07, 6.45) is 8.19. The van der Waals surface area contributed by atoms with Crippen LogP contribution in [0.25, 0.3) is 0 Å². The highest BCUT2D eigenvalue weighted by atomic mass is 15.3. The maximum absolute atomic E-state index is 5.46. The molecule has 0 aliphatic heterocycles. The molecule has 0 spiro atoms. The molecular formula is C15H27N5. The number of nitrogens with two attached hydrogens (primary N) is 1. The Hall–Kier alpha value is -1.36. The summed E-state index contributed by atoms with van der Waals surface area (Å²) in [4.78, 5) is 8.46. The van der Waals surface area contributed by atoms with E-state index in [9.17, 15) is 0 Å². The highest BCUT2D eigenvalue weighted by Gasteiger charge is 2.34. The van der Waals surface area contributed by atoms with Crippen LogP contribution >= 0.6 is 0 Å². The first-order valence-corrected chi connectivity index (χ1v) is 7.58. The second-order valence-electron chi connectivity index (χ2n) is 6.50. The first-order chi connectivity index (χ1) is 9.56. The Morgan fingerprint density at radius 3 is 2.50 bits per heavy atom. The Kier molecular flexibility index (Phi) is 4.81. The van der Waals surface area contributed by atoms with Crippen LogP contribution in [0.2, 0.25) is 0 Å². The van der Waals surface area contributed by atoms with E-state index in [2.05, 4.69) is 34.6 Å². The van der Waals surface area contributed by atoms with Gasteiger partial charge < -0.3 is 10.7 Å². The lowest BCUT2D eigenvalue weighted by Gasteiger charge is -2.31. The normalized spacial score (nSPS) is 17.4. The van der Waals surface area contributed by atoms with E-state index in [-0.39, 0.29) is 0 Å². The topological polar surface area (TPSA) is 75.9 Å². The molecule has 1 fully saturated rings. The molecule has 0 aromatic carbocycles. The maximum atomic E-state index is 5.46. The van der Waals surface area contributed by atoms with Crippen molar-refractivity contribution in [3.8, 4) is 0 Å². The van der Waals surface area contributed by atoms with Crippen molar-refractivity contribution < 1.29 is 0 Å². The number of rotatable bonds is 6. The number of nitrogens with zero attached hydrogens (tertiary/aromatic N) is 2. The van der Waals surface area contributed by atoms with Crippen molar-refractivity contribution in [3.63, 3.8) is 0 Å². The SMILES string of the molecule is Cc1c(NN)ncnc1NCC1(CC(C)C)CCCC1. The molecule has 1 aliphatic carbocycles. The Morgan fingerprint density at radius 2 is 1.90 bits per heavy atom. The first-order valence-electron chi connectivity index (χ1n) is 7.58. The summed E-state index contributed by atoms with van der Waals surface area (Å²) >= 11 is 0. The average Bonchev–Trinajstić information content (AvgIpc) is 2.85. The molecular weight excluding hydrogens is 250 g/mol. The molecule has 1 saturated carbocycles. The molecule has 0 bridgehead atoms. The summed E-state index contributed by atoms with van der Waals surface area (Å²) in [5, 5.41) is 3.53. The molecule has 4 N–H and O–H groups in total. The number of nitrogen functional groups attached to an aromatic ring is 1. The van der Waals surface area contributed by atoms with Crippen LogP contribution in [0, 0.1) is 18.3 Å². The van der Waals surface area contributed by atoms with E-state index >= 15 is 0 Å². The smallest absolute Gasteiger partial charge is 0.148 e. The van der Waals surface area contributed by atoms with E-state index in [0.29, 0.717) is 11.2 Å². The molecule has 1 aliphatic rings. The number of hydrogen-bond donors (Lipinski definition) is 3. The second-order valence-corrected chi connectivity index (χ2v) is 6.50. The van der Waals surface area contributed by atoms with Gasteiger partial charge in [0.25, 0.3) is 0 Å². The highest BCUT2D eigenvalue weighted by molar-refractivity contribution is 5.55. The van der Waals surface area contributed by atoms with Gasteiger partial charge in [-0.05, 0) is 37.5 Å². The minimum atomic E-state index is 0.432. The third kappa shape index (κ3) is 3.39. The Morgan fingerprint density at radius 1 is 1.25 bits per heavy atom. The van der Waals surface area contributed by atoms with Gasteiger partial charge in [0, 0.05) is 12.1 Å². The van der Waals surface area contributed by atoms with Crippen molar-refractivity contribution in [3.05, 3.63) is 11.9 Å². The van der Waals surface area contributed by atoms with Gasteiger partial charge in [-0.2, -0.15) is 0 Å². The van der Waals surface area contributed by atoms with Crippen LogP contribution in [0.3, 0.4) is 0 Å². The van der Waals surface area contributed by atoms with Gasteiger partial charge in [-0.1, -0.05) is 26.7 Å². The molecule has 5 nitrogen and oxygen atoms in total. The van der Waals surface area contributed by atoms with Crippen LogP contribution in [0.5, 0.6) is 0 Å². The lowest BCUT2D eigenvalue weighted by atomic mass is 9.78. The largest absolute Gasteiger partial charge is 0.369 e. The van der Waals surface area contributed by atoms with E-state index in [1.165, 1.54) is 32.1 Å². The predicted octanol–water partition coefficient (Wildman–Crippen LogP) is 3.09. The van der Waals surface area contributed by atoms with E-state index < -0.39 is 0 Å². The maximum Gasteiger partial charge on any atom is 0.148 e. The number of aromatic nitrogens is 2. The van der Waals surface area contributed by atoms with Gasteiger partial charge in [-0.25, -0.2) is 15.8 Å². The Bertz CT molecular complexity index is 438. The molecule has 1 heterocycles. The lowest BCUT2D eigenvalue weighted by Crippen LogP contribution is -2.29. The third-order valence-electron chi connectivity index (χ3n) is 4.36. The minimum absolute atomic E-state index is 0.432. The Labute approximate surface area is 121 Å². The number of hydrogen-bond acceptors (Lipinski definition) is 5. The minimum Gasteiger partial charge on any atom is -0.369 e.